The summed E-state index contributed by atoms with van der Waals surface area (Å²) in [6.45, 7) is 0. The van der Waals surface area contributed by atoms with Crippen molar-refractivity contribution in [3.05, 3.63) is 46.5 Å². The third-order valence-corrected chi connectivity index (χ3v) is 3.01. The van der Waals surface area contributed by atoms with E-state index in [1.54, 1.807) is 12.3 Å². The topological polar surface area (TPSA) is 70.7 Å². The number of rotatable bonds is 2. The van der Waals surface area contributed by atoms with Gasteiger partial charge >= 0.3 is 0 Å². The molecule has 2 N–H and O–H groups in total. The van der Waals surface area contributed by atoms with E-state index in [0.717, 1.165) is 10.8 Å². The van der Waals surface area contributed by atoms with E-state index >= 15 is 0 Å². The first kappa shape index (κ1) is 9.98. The molecule has 6 heteroatoms. The summed E-state index contributed by atoms with van der Waals surface area (Å²) >= 11 is 1.52. The van der Waals surface area contributed by atoms with Crippen molar-refractivity contribution in [1.29, 1.82) is 0 Å². The summed E-state index contributed by atoms with van der Waals surface area (Å²) in [5.74, 6) is 0. The Bertz CT molecular complexity index is 705. The predicted molar refractivity (Wildman–Crippen MR) is 67.8 cm³/mol. The molecule has 0 amide bonds. The molecular formula is C11H8N4OS. The van der Waals surface area contributed by atoms with Gasteiger partial charge < -0.3 is 10.3 Å². The van der Waals surface area contributed by atoms with Gasteiger partial charge in [0.15, 0.2) is 5.13 Å². The number of H-pyrrole nitrogens is 1. The van der Waals surface area contributed by atoms with Crippen LogP contribution in [0.15, 0.2) is 40.9 Å². The Morgan fingerprint density at radius 2 is 2.24 bits per heavy atom. The lowest BCUT2D eigenvalue weighted by Crippen LogP contribution is -2.06. The molecule has 0 radical (unpaired) electrons. The van der Waals surface area contributed by atoms with Gasteiger partial charge in [0.1, 0.15) is 0 Å². The Morgan fingerprint density at radius 1 is 1.29 bits per heavy atom. The zero-order valence-corrected chi connectivity index (χ0v) is 9.49. The highest BCUT2D eigenvalue weighted by atomic mass is 32.1. The maximum Gasteiger partial charge on any atom is 0.258 e. The Morgan fingerprint density at radius 3 is 3.06 bits per heavy atom. The van der Waals surface area contributed by atoms with Crippen molar-refractivity contribution in [1.82, 2.24) is 15.0 Å². The van der Waals surface area contributed by atoms with Crippen LogP contribution < -0.4 is 10.9 Å². The van der Waals surface area contributed by atoms with Crippen molar-refractivity contribution in [2.45, 2.75) is 0 Å². The summed E-state index contributed by atoms with van der Waals surface area (Å²) in [6, 6.07) is 5.41. The van der Waals surface area contributed by atoms with Gasteiger partial charge in [0.25, 0.3) is 5.56 Å². The fourth-order valence-corrected chi connectivity index (χ4v) is 2.10. The van der Waals surface area contributed by atoms with Crippen LogP contribution in [0.3, 0.4) is 0 Å². The number of nitrogens with zero attached hydrogens (tertiary/aromatic N) is 2. The number of anilines is 2. The molecule has 0 spiro atoms. The molecule has 0 aliphatic rings. The van der Waals surface area contributed by atoms with E-state index in [0.29, 0.717) is 10.9 Å². The van der Waals surface area contributed by atoms with E-state index < -0.39 is 0 Å². The average molecular weight is 244 g/mol. The Labute approximate surface area is 100 Å². The maximum atomic E-state index is 11.5. The van der Waals surface area contributed by atoms with Gasteiger partial charge in [0.05, 0.1) is 17.2 Å². The molecule has 0 saturated carbocycles. The molecule has 0 aliphatic carbocycles. The standard InChI is InChI=1S/C11H8N4OS/c16-10-8-2-1-7(5-9(8)13-6-14-10)15-11-12-3-4-17-11/h1-6H,(H,12,15)(H,13,14,16). The van der Waals surface area contributed by atoms with Gasteiger partial charge in [-0.1, -0.05) is 0 Å². The van der Waals surface area contributed by atoms with Gasteiger partial charge in [-0.2, -0.15) is 0 Å². The van der Waals surface area contributed by atoms with Gasteiger partial charge in [-0.15, -0.1) is 11.3 Å². The second-order valence-corrected chi connectivity index (χ2v) is 4.32. The molecular weight excluding hydrogens is 236 g/mol. The number of thiazole rings is 1. The monoisotopic (exact) mass is 244 g/mol. The first-order valence-corrected chi connectivity index (χ1v) is 5.85. The van der Waals surface area contributed by atoms with Crippen LogP contribution >= 0.6 is 11.3 Å². The second kappa shape index (κ2) is 3.99. The van der Waals surface area contributed by atoms with Crippen LogP contribution in [0.1, 0.15) is 0 Å². The third kappa shape index (κ3) is 1.90. The number of benzene rings is 1. The van der Waals surface area contributed by atoms with Crippen LogP contribution in [-0.4, -0.2) is 15.0 Å². The fraction of sp³-hybridized carbons (Fsp3) is 0. The lowest BCUT2D eigenvalue weighted by molar-refractivity contribution is 1.17. The summed E-state index contributed by atoms with van der Waals surface area (Å²) < 4.78 is 0. The molecule has 3 rings (SSSR count). The quantitative estimate of drug-likeness (QED) is 0.724. The molecule has 0 unspecified atom stereocenters. The van der Waals surface area contributed by atoms with Crippen LogP contribution in [0.4, 0.5) is 10.8 Å². The largest absolute Gasteiger partial charge is 0.331 e. The van der Waals surface area contributed by atoms with Crippen molar-refractivity contribution >= 4 is 33.1 Å². The lowest BCUT2D eigenvalue weighted by atomic mass is 10.2. The number of aromatic amines is 1. The van der Waals surface area contributed by atoms with Crippen molar-refractivity contribution in [3.8, 4) is 0 Å². The number of aromatic nitrogens is 3. The Kier molecular flexibility index (Phi) is 2.34. The van der Waals surface area contributed by atoms with E-state index in [2.05, 4.69) is 20.3 Å². The minimum absolute atomic E-state index is 0.129. The molecule has 0 aliphatic heterocycles. The van der Waals surface area contributed by atoms with E-state index in [-0.39, 0.29) is 5.56 Å². The van der Waals surface area contributed by atoms with Gasteiger partial charge in [0.2, 0.25) is 0 Å². The van der Waals surface area contributed by atoms with Crippen molar-refractivity contribution in [2.75, 3.05) is 5.32 Å². The van der Waals surface area contributed by atoms with Gasteiger partial charge in [-0.3, -0.25) is 4.79 Å². The SMILES string of the molecule is O=c1[nH]cnc2cc(Nc3nccs3)ccc12. The van der Waals surface area contributed by atoms with Crippen LogP contribution in [0.25, 0.3) is 10.9 Å². The molecule has 2 aromatic heterocycles. The van der Waals surface area contributed by atoms with Crippen molar-refractivity contribution in [3.63, 3.8) is 0 Å². The summed E-state index contributed by atoms with van der Waals surface area (Å²) in [4.78, 5) is 22.3. The smallest absolute Gasteiger partial charge is 0.258 e. The highest BCUT2D eigenvalue weighted by Gasteiger charge is 2.02. The van der Waals surface area contributed by atoms with E-state index in [4.69, 9.17) is 0 Å². The van der Waals surface area contributed by atoms with Gasteiger partial charge in [-0.25, -0.2) is 9.97 Å². The average Bonchev–Trinajstić information content (AvgIpc) is 2.82. The molecule has 0 saturated heterocycles. The van der Waals surface area contributed by atoms with Crippen LogP contribution in [0, 0.1) is 0 Å². The maximum absolute atomic E-state index is 11.5. The number of fused-ring (bicyclic) bond motifs is 1. The van der Waals surface area contributed by atoms with Crippen LogP contribution in [0.2, 0.25) is 0 Å². The molecule has 0 bridgehead atoms. The zero-order valence-electron chi connectivity index (χ0n) is 8.68. The Hall–Kier alpha value is -2.21. The highest BCUT2D eigenvalue weighted by molar-refractivity contribution is 7.13. The molecule has 5 nitrogen and oxygen atoms in total. The van der Waals surface area contributed by atoms with Gasteiger partial charge in [-0.05, 0) is 18.2 Å². The minimum Gasteiger partial charge on any atom is -0.331 e. The predicted octanol–water partition coefficient (Wildman–Crippen LogP) is 2.12. The Balaban J connectivity index is 2.05. The first-order valence-electron chi connectivity index (χ1n) is 4.97. The number of hydrogen-bond donors (Lipinski definition) is 2. The molecule has 1 aromatic carbocycles. The summed E-state index contributed by atoms with van der Waals surface area (Å²) in [6.07, 6.45) is 3.13. The van der Waals surface area contributed by atoms with Crippen LogP contribution in [0.5, 0.6) is 0 Å². The van der Waals surface area contributed by atoms with E-state index in [1.807, 2.05) is 17.5 Å². The molecule has 3 aromatic rings. The third-order valence-electron chi connectivity index (χ3n) is 2.33. The van der Waals surface area contributed by atoms with Gasteiger partial charge in [0, 0.05) is 17.3 Å². The van der Waals surface area contributed by atoms with Crippen molar-refractivity contribution < 1.29 is 0 Å². The summed E-state index contributed by atoms with van der Waals surface area (Å²) in [5.41, 5.74) is 1.40. The zero-order chi connectivity index (χ0) is 11.7. The van der Waals surface area contributed by atoms with E-state index in [9.17, 15) is 4.79 Å². The summed E-state index contributed by atoms with van der Waals surface area (Å²) in [5, 5.41) is 6.44. The number of hydrogen-bond acceptors (Lipinski definition) is 5. The van der Waals surface area contributed by atoms with Crippen LogP contribution in [-0.2, 0) is 0 Å². The molecule has 0 fully saturated rings. The normalized spacial score (nSPS) is 10.6. The lowest BCUT2D eigenvalue weighted by Gasteiger charge is -2.03. The number of nitrogens with one attached hydrogen (secondary N) is 2. The highest BCUT2D eigenvalue weighted by Crippen LogP contribution is 2.20. The summed E-state index contributed by atoms with van der Waals surface area (Å²) in [7, 11) is 0. The molecule has 2 heterocycles. The second-order valence-electron chi connectivity index (χ2n) is 3.43. The molecule has 17 heavy (non-hydrogen) atoms. The molecule has 0 atom stereocenters. The van der Waals surface area contributed by atoms with Crippen molar-refractivity contribution in [2.24, 2.45) is 0 Å². The fourth-order valence-electron chi connectivity index (χ4n) is 1.56. The first-order chi connectivity index (χ1) is 8.33. The van der Waals surface area contributed by atoms with E-state index in [1.165, 1.54) is 17.7 Å². The minimum atomic E-state index is -0.129. The molecule has 84 valence electrons.